The molecule has 38 heavy (non-hydrogen) atoms. The number of carbonyl (C=O) groups excluding carboxylic acids is 1. The fraction of sp³-hybridized carbons (Fsp3) is 0.308. The Morgan fingerprint density at radius 2 is 1.95 bits per heavy atom. The number of methoxy groups -OCH3 is 1. The highest BCUT2D eigenvalue weighted by molar-refractivity contribution is 5.96. The maximum Gasteiger partial charge on any atom is 0.390 e. The minimum atomic E-state index is -4.29. The number of hydrogen-bond donors (Lipinski definition) is 3. The lowest BCUT2D eigenvalue weighted by molar-refractivity contribution is -0.131. The molecule has 3 heterocycles. The second kappa shape index (κ2) is 10.2. The zero-order valence-corrected chi connectivity index (χ0v) is 20.8. The first kappa shape index (κ1) is 25.3. The van der Waals surface area contributed by atoms with Gasteiger partial charge in [-0.25, -0.2) is 14.5 Å². The van der Waals surface area contributed by atoms with E-state index in [-0.39, 0.29) is 18.5 Å². The molecule has 1 saturated carbocycles. The zero-order chi connectivity index (χ0) is 26.9. The van der Waals surface area contributed by atoms with Crippen molar-refractivity contribution in [3.8, 4) is 17.1 Å². The van der Waals surface area contributed by atoms with E-state index < -0.39 is 12.6 Å². The molecule has 5 rings (SSSR count). The van der Waals surface area contributed by atoms with Crippen molar-refractivity contribution in [3.63, 3.8) is 0 Å². The number of pyridine rings is 1. The average Bonchev–Trinajstić information content (AvgIpc) is 3.58. The van der Waals surface area contributed by atoms with Crippen LogP contribution >= 0.6 is 0 Å². The summed E-state index contributed by atoms with van der Waals surface area (Å²) < 4.78 is 45.0. The van der Waals surface area contributed by atoms with Gasteiger partial charge in [0.1, 0.15) is 0 Å². The van der Waals surface area contributed by atoms with E-state index in [1.807, 2.05) is 19.1 Å². The van der Waals surface area contributed by atoms with Gasteiger partial charge in [-0.3, -0.25) is 4.79 Å². The maximum absolute atomic E-state index is 12.8. The number of hydrogen-bond acceptors (Lipinski definition) is 7. The predicted molar refractivity (Wildman–Crippen MR) is 137 cm³/mol. The first-order valence-electron chi connectivity index (χ1n) is 12.1. The van der Waals surface area contributed by atoms with Crippen molar-refractivity contribution >= 4 is 28.7 Å². The Hall–Kier alpha value is -4.35. The van der Waals surface area contributed by atoms with Crippen LogP contribution < -0.4 is 20.7 Å². The minimum Gasteiger partial charge on any atom is -0.481 e. The van der Waals surface area contributed by atoms with Gasteiger partial charge in [-0.05, 0) is 43.5 Å². The molecule has 0 atom stereocenters. The number of nitrogens with zero attached hydrogens (tertiary/aromatic N) is 4. The Morgan fingerprint density at radius 1 is 1.13 bits per heavy atom. The van der Waals surface area contributed by atoms with Gasteiger partial charge in [0.25, 0.3) is 5.91 Å². The fourth-order valence-electron chi connectivity index (χ4n) is 3.99. The number of aromatic nitrogens is 4. The lowest BCUT2D eigenvalue weighted by Crippen LogP contribution is -2.26. The number of imidazole rings is 1. The van der Waals surface area contributed by atoms with Crippen LogP contribution in [0.3, 0.4) is 0 Å². The summed E-state index contributed by atoms with van der Waals surface area (Å²) >= 11 is 0. The quantitative estimate of drug-likeness (QED) is 0.279. The lowest BCUT2D eigenvalue weighted by Gasteiger charge is -2.13. The summed E-state index contributed by atoms with van der Waals surface area (Å²) in [5.41, 5.74) is 4.12. The maximum atomic E-state index is 12.8. The summed E-state index contributed by atoms with van der Waals surface area (Å²) in [5, 5.41) is 13.6. The van der Waals surface area contributed by atoms with Gasteiger partial charge in [0.15, 0.2) is 11.5 Å². The molecule has 0 aliphatic heterocycles. The Kier molecular flexibility index (Phi) is 6.79. The van der Waals surface area contributed by atoms with Gasteiger partial charge in [-0.1, -0.05) is 6.07 Å². The number of rotatable bonds is 9. The number of aryl methyl sites for hydroxylation is 1. The molecule has 3 N–H and O–H groups in total. The average molecular weight is 526 g/mol. The third-order valence-electron chi connectivity index (χ3n) is 6.09. The number of amides is 1. The van der Waals surface area contributed by atoms with Gasteiger partial charge in [0.2, 0.25) is 5.88 Å². The number of alkyl halides is 3. The number of benzene rings is 1. The van der Waals surface area contributed by atoms with Crippen molar-refractivity contribution < 1.29 is 22.7 Å². The third-order valence-corrected chi connectivity index (χ3v) is 6.09. The van der Waals surface area contributed by atoms with E-state index in [9.17, 15) is 18.0 Å². The van der Waals surface area contributed by atoms with E-state index in [0.717, 1.165) is 24.0 Å². The van der Waals surface area contributed by atoms with Crippen LogP contribution in [0.15, 0.2) is 48.8 Å². The molecule has 1 aliphatic carbocycles. The van der Waals surface area contributed by atoms with Crippen LogP contribution in [0.4, 0.5) is 30.4 Å². The highest BCUT2D eigenvalue weighted by Gasteiger charge is 2.27. The number of carbonyl (C=O) groups is 1. The molecule has 9 nitrogen and oxygen atoms in total. The third kappa shape index (κ3) is 5.79. The number of anilines is 3. The Labute approximate surface area is 216 Å². The molecule has 0 radical (unpaired) electrons. The molecule has 0 unspecified atom stereocenters. The van der Waals surface area contributed by atoms with E-state index in [2.05, 4.69) is 31.0 Å². The van der Waals surface area contributed by atoms with Gasteiger partial charge >= 0.3 is 6.18 Å². The standard InChI is InChI=1S/C26H26F3N7O2/c1-15-11-16(3-7-19(15)25(37)34-17-4-5-17)21-14-32-24-20(30-10-9-26(27,28)29)12-22(35-36(21)24)33-18-6-8-23(38-2)31-13-18/h3,6-8,11-14,17,30H,4-5,9-10H2,1-2H3,(H,33,35)(H,34,37). The summed E-state index contributed by atoms with van der Waals surface area (Å²) in [6.45, 7) is 1.54. The molecule has 1 aromatic carbocycles. The van der Waals surface area contributed by atoms with E-state index in [4.69, 9.17) is 4.74 Å². The first-order valence-corrected chi connectivity index (χ1v) is 12.1. The molecule has 0 spiro atoms. The predicted octanol–water partition coefficient (Wildman–Crippen LogP) is 5.11. The molecule has 0 saturated heterocycles. The van der Waals surface area contributed by atoms with E-state index in [1.54, 1.807) is 41.2 Å². The van der Waals surface area contributed by atoms with Crippen molar-refractivity contribution in [2.24, 2.45) is 0 Å². The first-order chi connectivity index (χ1) is 18.2. The van der Waals surface area contributed by atoms with Gasteiger partial charge in [-0.2, -0.15) is 13.2 Å². The van der Waals surface area contributed by atoms with Crippen LogP contribution in [-0.2, 0) is 0 Å². The second-order valence-corrected chi connectivity index (χ2v) is 9.11. The molecule has 4 aromatic rings. The zero-order valence-electron chi connectivity index (χ0n) is 20.8. The largest absolute Gasteiger partial charge is 0.481 e. The lowest BCUT2D eigenvalue weighted by atomic mass is 10.0. The van der Waals surface area contributed by atoms with Crippen molar-refractivity contribution in [1.29, 1.82) is 0 Å². The summed E-state index contributed by atoms with van der Waals surface area (Å²) in [5.74, 6) is 0.703. The monoisotopic (exact) mass is 525 g/mol. The Balaban J connectivity index is 1.49. The summed E-state index contributed by atoms with van der Waals surface area (Å²) in [4.78, 5) is 21.1. The molecular weight excluding hydrogens is 499 g/mol. The van der Waals surface area contributed by atoms with Gasteiger partial charge in [0, 0.05) is 35.8 Å². The molecule has 1 amide bonds. The van der Waals surface area contributed by atoms with Crippen LogP contribution in [0.25, 0.3) is 16.9 Å². The Morgan fingerprint density at radius 3 is 2.61 bits per heavy atom. The molecule has 198 valence electrons. The molecule has 12 heteroatoms. The molecule has 3 aromatic heterocycles. The molecule has 1 aliphatic rings. The molecule has 0 bridgehead atoms. The number of nitrogens with one attached hydrogen (secondary N) is 3. The number of fused-ring (bicyclic) bond motifs is 1. The van der Waals surface area contributed by atoms with Crippen LogP contribution in [0.1, 0.15) is 35.2 Å². The van der Waals surface area contributed by atoms with Gasteiger partial charge in [-0.15, -0.1) is 5.10 Å². The molecule has 1 fully saturated rings. The van der Waals surface area contributed by atoms with Crippen molar-refractivity contribution in [2.45, 2.75) is 38.4 Å². The molecular formula is C26H26F3N7O2. The van der Waals surface area contributed by atoms with E-state index in [0.29, 0.717) is 40.0 Å². The van der Waals surface area contributed by atoms with E-state index in [1.165, 1.54) is 7.11 Å². The van der Waals surface area contributed by atoms with E-state index >= 15 is 0 Å². The van der Waals surface area contributed by atoms with Crippen molar-refractivity contribution in [1.82, 2.24) is 24.9 Å². The Bertz CT molecular complexity index is 1460. The van der Waals surface area contributed by atoms with Crippen LogP contribution in [0.2, 0.25) is 0 Å². The smallest absolute Gasteiger partial charge is 0.390 e. The summed E-state index contributed by atoms with van der Waals surface area (Å²) in [7, 11) is 1.51. The van der Waals surface area contributed by atoms with Crippen LogP contribution in [-0.4, -0.2) is 51.4 Å². The van der Waals surface area contributed by atoms with Gasteiger partial charge < -0.3 is 20.7 Å². The normalized spacial score (nSPS) is 13.4. The number of halogens is 3. The summed E-state index contributed by atoms with van der Waals surface area (Å²) in [6, 6.07) is 10.7. The topological polar surface area (TPSA) is 105 Å². The highest BCUT2D eigenvalue weighted by Crippen LogP contribution is 2.29. The van der Waals surface area contributed by atoms with Crippen molar-refractivity contribution in [2.75, 3.05) is 24.3 Å². The summed E-state index contributed by atoms with van der Waals surface area (Å²) in [6.07, 6.45) is -0.126. The highest BCUT2D eigenvalue weighted by atomic mass is 19.4. The second-order valence-electron chi connectivity index (χ2n) is 9.11. The van der Waals surface area contributed by atoms with Gasteiger partial charge in [0.05, 0.1) is 43.0 Å². The minimum absolute atomic E-state index is 0.108. The van der Waals surface area contributed by atoms with Crippen LogP contribution in [0, 0.1) is 6.92 Å². The number of ether oxygens (including phenoxy) is 1. The van der Waals surface area contributed by atoms with Crippen LogP contribution in [0.5, 0.6) is 5.88 Å². The fourth-order valence-corrected chi connectivity index (χ4v) is 3.99. The SMILES string of the molecule is COc1ccc(Nc2cc(NCCC(F)(F)F)c3ncc(-c4ccc(C(=O)NC5CC5)c(C)c4)n3n2)cn1. The van der Waals surface area contributed by atoms with Crippen molar-refractivity contribution in [3.05, 3.63) is 59.9 Å².